The zero-order chi connectivity index (χ0) is 13.7. The number of hydrogen-bond acceptors (Lipinski definition) is 3. The Labute approximate surface area is 118 Å². The average molecular weight is 277 g/mol. The van der Waals surface area contributed by atoms with E-state index >= 15 is 0 Å². The second-order valence-electron chi connectivity index (χ2n) is 4.56. The quantitative estimate of drug-likeness (QED) is 0.908. The number of aromatic nitrogens is 2. The van der Waals surface area contributed by atoms with E-state index in [1.807, 2.05) is 12.1 Å². The molecule has 0 radical (unpaired) electrons. The molecule has 0 amide bonds. The first-order valence-electron chi connectivity index (χ1n) is 6.41. The molecule has 3 nitrogen and oxygen atoms in total. The normalized spacial score (nSPS) is 14.1. The first-order chi connectivity index (χ1) is 9.16. The Balaban J connectivity index is 2.42. The molecule has 2 aromatic rings. The number of nitrogens with zero attached hydrogens (tertiary/aromatic N) is 2. The Morgan fingerprint density at radius 3 is 2.53 bits per heavy atom. The van der Waals surface area contributed by atoms with Crippen molar-refractivity contribution in [2.75, 3.05) is 0 Å². The zero-order valence-corrected chi connectivity index (χ0v) is 11.6. The molecule has 2 rings (SSSR count). The summed E-state index contributed by atoms with van der Waals surface area (Å²) < 4.78 is 0. The van der Waals surface area contributed by atoms with Crippen molar-refractivity contribution in [3.05, 3.63) is 59.1 Å². The van der Waals surface area contributed by atoms with Crippen molar-refractivity contribution < 1.29 is 5.11 Å². The molecular weight excluding hydrogens is 260 g/mol. The molecule has 1 atom stereocenters. The topological polar surface area (TPSA) is 46.0 Å². The summed E-state index contributed by atoms with van der Waals surface area (Å²) in [5.41, 5.74) is 0.270. The van der Waals surface area contributed by atoms with E-state index in [0.717, 1.165) is 18.4 Å². The zero-order valence-electron chi connectivity index (χ0n) is 10.9. The highest BCUT2D eigenvalue weighted by Crippen LogP contribution is 2.33. The monoisotopic (exact) mass is 276 g/mol. The summed E-state index contributed by atoms with van der Waals surface area (Å²) in [6, 6.07) is 7.24. The van der Waals surface area contributed by atoms with E-state index in [9.17, 15) is 5.11 Å². The number of aliphatic hydroxyl groups is 1. The minimum Gasteiger partial charge on any atom is -0.379 e. The van der Waals surface area contributed by atoms with Gasteiger partial charge in [-0.05, 0) is 24.1 Å². The molecule has 1 unspecified atom stereocenters. The third-order valence-electron chi connectivity index (χ3n) is 3.20. The summed E-state index contributed by atoms with van der Waals surface area (Å²) in [6.45, 7) is 2.10. The lowest BCUT2D eigenvalue weighted by Gasteiger charge is -2.28. The molecule has 100 valence electrons. The van der Waals surface area contributed by atoms with E-state index in [1.165, 1.54) is 0 Å². The van der Waals surface area contributed by atoms with Crippen LogP contribution in [0.15, 0.2) is 42.9 Å². The molecule has 0 bridgehead atoms. The van der Waals surface area contributed by atoms with Crippen LogP contribution in [0.2, 0.25) is 5.02 Å². The lowest BCUT2D eigenvalue weighted by molar-refractivity contribution is 0.0635. The van der Waals surface area contributed by atoms with Gasteiger partial charge >= 0.3 is 0 Å². The van der Waals surface area contributed by atoms with Crippen molar-refractivity contribution in [3.8, 4) is 0 Å². The van der Waals surface area contributed by atoms with Crippen LogP contribution >= 0.6 is 11.6 Å². The van der Waals surface area contributed by atoms with Crippen molar-refractivity contribution in [3.63, 3.8) is 0 Å². The van der Waals surface area contributed by atoms with Crippen molar-refractivity contribution in [1.82, 2.24) is 9.97 Å². The Hall–Kier alpha value is -1.45. The van der Waals surface area contributed by atoms with Gasteiger partial charge in [0.1, 0.15) is 5.60 Å². The fourth-order valence-corrected chi connectivity index (χ4v) is 2.22. The van der Waals surface area contributed by atoms with Gasteiger partial charge in [0.2, 0.25) is 0 Å². The van der Waals surface area contributed by atoms with Crippen LogP contribution in [0.5, 0.6) is 0 Å². The van der Waals surface area contributed by atoms with Crippen LogP contribution in [0.4, 0.5) is 0 Å². The van der Waals surface area contributed by atoms with Gasteiger partial charge in [-0.3, -0.25) is 9.97 Å². The maximum Gasteiger partial charge on any atom is 0.133 e. The van der Waals surface area contributed by atoms with Crippen molar-refractivity contribution in [2.24, 2.45) is 0 Å². The van der Waals surface area contributed by atoms with Crippen LogP contribution in [0.25, 0.3) is 0 Å². The first kappa shape index (κ1) is 14.0. The smallest absolute Gasteiger partial charge is 0.133 e. The van der Waals surface area contributed by atoms with Crippen LogP contribution in [0.3, 0.4) is 0 Å². The van der Waals surface area contributed by atoms with Crippen molar-refractivity contribution in [1.29, 1.82) is 0 Å². The number of halogens is 1. The molecule has 0 aliphatic carbocycles. The molecule has 19 heavy (non-hydrogen) atoms. The molecule has 4 heteroatoms. The third kappa shape index (κ3) is 3.11. The van der Waals surface area contributed by atoms with Gasteiger partial charge < -0.3 is 5.11 Å². The summed E-state index contributed by atoms with van der Waals surface area (Å²) in [5, 5.41) is 11.7. The number of rotatable bonds is 5. The molecule has 1 N–H and O–H groups in total. The largest absolute Gasteiger partial charge is 0.379 e. The molecule has 0 aliphatic heterocycles. The van der Waals surface area contributed by atoms with E-state index in [0.29, 0.717) is 17.1 Å². The van der Waals surface area contributed by atoms with E-state index in [4.69, 9.17) is 11.6 Å². The van der Waals surface area contributed by atoms with E-state index in [-0.39, 0.29) is 0 Å². The van der Waals surface area contributed by atoms with E-state index in [1.54, 1.807) is 30.7 Å². The minimum absolute atomic E-state index is 0.575. The van der Waals surface area contributed by atoms with Crippen LogP contribution in [-0.2, 0) is 5.60 Å². The molecule has 0 aliphatic rings. The highest BCUT2D eigenvalue weighted by atomic mass is 35.5. The minimum atomic E-state index is -1.10. The number of unbranched alkanes of at least 4 members (excludes halogenated alkanes) is 1. The maximum atomic E-state index is 11.0. The number of benzene rings is 1. The van der Waals surface area contributed by atoms with Gasteiger partial charge in [-0.25, -0.2) is 0 Å². The predicted molar refractivity (Wildman–Crippen MR) is 76.0 cm³/mol. The summed E-state index contributed by atoms with van der Waals surface area (Å²) >= 11 is 5.90. The molecule has 1 aromatic heterocycles. The standard InChI is InChI=1S/C15H17ClN2O/c1-2-3-8-15(19,14-11-17-9-10-18-14)12-4-6-13(16)7-5-12/h4-7,9-11,19H,2-3,8H2,1H3. The highest BCUT2D eigenvalue weighted by molar-refractivity contribution is 6.30. The molecular formula is C15H17ClN2O. The fraction of sp³-hybridized carbons (Fsp3) is 0.333. The van der Waals surface area contributed by atoms with Gasteiger partial charge in [-0.2, -0.15) is 0 Å². The van der Waals surface area contributed by atoms with Gasteiger partial charge in [0.15, 0.2) is 0 Å². The second kappa shape index (κ2) is 6.13. The molecule has 0 saturated carbocycles. The highest BCUT2D eigenvalue weighted by Gasteiger charge is 2.32. The average Bonchev–Trinajstić information content (AvgIpc) is 2.46. The summed E-state index contributed by atoms with van der Waals surface area (Å²) in [7, 11) is 0. The predicted octanol–water partition coefficient (Wildman–Crippen LogP) is 3.56. The third-order valence-corrected chi connectivity index (χ3v) is 3.45. The fourth-order valence-electron chi connectivity index (χ4n) is 2.09. The van der Waals surface area contributed by atoms with Gasteiger partial charge in [0, 0.05) is 17.4 Å². The van der Waals surface area contributed by atoms with Crippen LogP contribution in [0.1, 0.15) is 37.4 Å². The van der Waals surface area contributed by atoms with E-state index in [2.05, 4.69) is 16.9 Å². The molecule has 0 spiro atoms. The summed E-state index contributed by atoms with van der Waals surface area (Å²) in [5.74, 6) is 0. The van der Waals surface area contributed by atoms with E-state index < -0.39 is 5.60 Å². The Bertz CT molecular complexity index is 515. The molecule has 1 aromatic carbocycles. The van der Waals surface area contributed by atoms with Crippen LogP contribution in [-0.4, -0.2) is 15.1 Å². The Morgan fingerprint density at radius 2 is 1.95 bits per heavy atom. The van der Waals surface area contributed by atoms with Gasteiger partial charge in [0.05, 0.1) is 11.9 Å². The van der Waals surface area contributed by atoms with Gasteiger partial charge in [-0.15, -0.1) is 0 Å². The summed E-state index contributed by atoms with van der Waals surface area (Å²) in [6.07, 6.45) is 7.35. The first-order valence-corrected chi connectivity index (χ1v) is 6.79. The molecule has 0 saturated heterocycles. The van der Waals surface area contributed by atoms with Gasteiger partial charge in [0.25, 0.3) is 0 Å². The molecule has 0 fully saturated rings. The lowest BCUT2D eigenvalue weighted by Crippen LogP contribution is -2.28. The Kier molecular flexibility index (Phi) is 4.51. The molecule has 1 heterocycles. The van der Waals surface area contributed by atoms with Crippen LogP contribution in [0, 0.1) is 0 Å². The Morgan fingerprint density at radius 1 is 1.21 bits per heavy atom. The maximum absolute atomic E-state index is 11.0. The SMILES string of the molecule is CCCCC(O)(c1ccc(Cl)cc1)c1cnccn1. The van der Waals surface area contributed by atoms with Crippen molar-refractivity contribution >= 4 is 11.6 Å². The van der Waals surface area contributed by atoms with Crippen LogP contribution < -0.4 is 0 Å². The van der Waals surface area contributed by atoms with Gasteiger partial charge in [-0.1, -0.05) is 43.5 Å². The second-order valence-corrected chi connectivity index (χ2v) is 5.00. The summed E-state index contributed by atoms with van der Waals surface area (Å²) in [4.78, 5) is 8.31. The van der Waals surface area contributed by atoms with Crippen molar-refractivity contribution in [2.45, 2.75) is 31.8 Å². The number of hydrogen-bond donors (Lipinski definition) is 1. The lowest BCUT2D eigenvalue weighted by atomic mass is 9.86.